The third-order valence-corrected chi connectivity index (χ3v) is 6.90. The van der Waals surface area contributed by atoms with Crippen molar-refractivity contribution in [2.24, 2.45) is 11.7 Å². The fraction of sp³-hybridized carbons (Fsp3) is 0.421. The number of benzene rings is 2. The Balaban J connectivity index is 2.05. The molecule has 0 aliphatic carbocycles. The first-order valence-electron chi connectivity index (χ1n) is 8.86. The quantitative estimate of drug-likeness (QED) is 0.859. The number of hydrogen-bond acceptors (Lipinski definition) is 4. The Labute approximate surface area is 154 Å². The maximum Gasteiger partial charge on any atom is 0.243 e. The maximum absolute atomic E-state index is 13.3. The van der Waals surface area contributed by atoms with E-state index in [0.29, 0.717) is 29.5 Å². The summed E-state index contributed by atoms with van der Waals surface area (Å²) < 4.78 is 28.1. The molecule has 26 heavy (non-hydrogen) atoms. The van der Waals surface area contributed by atoms with Gasteiger partial charge in [0.05, 0.1) is 4.90 Å². The molecule has 1 amide bonds. The zero-order valence-corrected chi connectivity index (χ0v) is 15.9. The summed E-state index contributed by atoms with van der Waals surface area (Å²) in [7, 11) is -3.64. The second kappa shape index (κ2) is 7.34. The molecule has 0 bridgehead atoms. The van der Waals surface area contributed by atoms with Crippen LogP contribution < -0.4 is 11.1 Å². The molecule has 2 aromatic rings. The zero-order chi connectivity index (χ0) is 18.9. The van der Waals surface area contributed by atoms with E-state index in [9.17, 15) is 13.2 Å². The first-order chi connectivity index (χ1) is 12.3. The van der Waals surface area contributed by atoms with Crippen LogP contribution in [0.4, 0.5) is 5.69 Å². The van der Waals surface area contributed by atoms with Gasteiger partial charge >= 0.3 is 0 Å². The smallest absolute Gasteiger partial charge is 0.243 e. The van der Waals surface area contributed by atoms with Gasteiger partial charge in [-0.3, -0.25) is 4.79 Å². The number of nitrogens with two attached hydrogens (primary N) is 1. The first kappa shape index (κ1) is 18.8. The lowest BCUT2D eigenvalue weighted by Crippen LogP contribution is -2.45. The number of fused-ring (bicyclic) bond motifs is 1. The summed E-state index contributed by atoms with van der Waals surface area (Å²) in [6.45, 7) is 4.31. The van der Waals surface area contributed by atoms with Crippen LogP contribution in [-0.2, 0) is 14.8 Å². The van der Waals surface area contributed by atoms with Crippen LogP contribution in [0, 0.1) is 5.92 Å². The largest absolute Gasteiger partial charge is 0.328 e. The molecule has 1 saturated heterocycles. The Bertz CT molecular complexity index is 925. The summed E-state index contributed by atoms with van der Waals surface area (Å²) in [6.07, 6.45) is 1.76. The molecule has 6 nitrogen and oxygen atoms in total. The normalized spacial score (nSPS) is 20.0. The van der Waals surface area contributed by atoms with Crippen LogP contribution in [0.3, 0.4) is 0 Å². The van der Waals surface area contributed by atoms with Crippen molar-refractivity contribution < 1.29 is 13.2 Å². The van der Waals surface area contributed by atoms with Gasteiger partial charge in [-0.1, -0.05) is 24.3 Å². The topological polar surface area (TPSA) is 92.5 Å². The minimum absolute atomic E-state index is 0.0353. The summed E-state index contributed by atoms with van der Waals surface area (Å²) in [5, 5.41) is 4.09. The maximum atomic E-state index is 13.3. The number of piperidine rings is 1. The van der Waals surface area contributed by atoms with Crippen molar-refractivity contribution in [2.75, 3.05) is 18.4 Å². The lowest BCUT2D eigenvalue weighted by molar-refractivity contribution is -0.114. The molecule has 1 heterocycles. The fourth-order valence-electron chi connectivity index (χ4n) is 3.56. The van der Waals surface area contributed by atoms with Gasteiger partial charge in [-0.25, -0.2) is 8.42 Å². The van der Waals surface area contributed by atoms with Crippen molar-refractivity contribution in [3.63, 3.8) is 0 Å². The number of nitrogens with one attached hydrogen (secondary N) is 1. The number of nitrogens with zero attached hydrogens (tertiary/aromatic N) is 1. The van der Waals surface area contributed by atoms with Gasteiger partial charge in [0.2, 0.25) is 15.9 Å². The van der Waals surface area contributed by atoms with Crippen LogP contribution in [0.1, 0.15) is 26.7 Å². The number of sulfonamides is 1. The third kappa shape index (κ3) is 3.60. The molecular weight excluding hydrogens is 350 g/mol. The minimum atomic E-state index is -3.64. The van der Waals surface area contributed by atoms with Crippen LogP contribution in [0.15, 0.2) is 41.3 Å². The SMILES string of the molecule is CC(=O)Nc1ccc(S(=O)(=O)N2CCCC(C(C)N)C2)c2ccccc12. The van der Waals surface area contributed by atoms with E-state index in [4.69, 9.17) is 5.73 Å². The number of anilines is 1. The van der Waals surface area contributed by atoms with E-state index in [2.05, 4.69) is 5.32 Å². The summed E-state index contributed by atoms with van der Waals surface area (Å²) in [4.78, 5) is 11.7. The second-order valence-corrected chi connectivity index (χ2v) is 8.87. The van der Waals surface area contributed by atoms with E-state index >= 15 is 0 Å². The lowest BCUT2D eigenvalue weighted by Gasteiger charge is -2.34. The minimum Gasteiger partial charge on any atom is -0.328 e. The molecule has 3 rings (SSSR count). The molecule has 0 saturated carbocycles. The molecule has 7 heteroatoms. The van der Waals surface area contributed by atoms with Gasteiger partial charge in [0, 0.05) is 42.5 Å². The van der Waals surface area contributed by atoms with Crippen molar-refractivity contribution in [1.82, 2.24) is 4.31 Å². The van der Waals surface area contributed by atoms with Crippen molar-refractivity contribution >= 4 is 32.4 Å². The average molecular weight is 375 g/mol. The Morgan fingerprint density at radius 3 is 2.58 bits per heavy atom. The fourth-order valence-corrected chi connectivity index (χ4v) is 5.29. The molecule has 140 valence electrons. The molecular formula is C19H25N3O3S. The Kier molecular flexibility index (Phi) is 5.32. The highest BCUT2D eigenvalue weighted by Crippen LogP contribution is 2.33. The Morgan fingerprint density at radius 1 is 1.23 bits per heavy atom. The molecule has 0 spiro atoms. The van der Waals surface area contributed by atoms with Gasteiger partial charge < -0.3 is 11.1 Å². The predicted molar refractivity (Wildman–Crippen MR) is 103 cm³/mol. The van der Waals surface area contributed by atoms with Crippen molar-refractivity contribution in [1.29, 1.82) is 0 Å². The highest BCUT2D eigenvalue weighted by Gasteiger charge is 2.32. The summed E-state index contributed by atoms with van der Waals surface area (Å²) in [5.74, 6) is -0.0231. The van der Waals surface area contributed by atoms with Crippen LogP contribution in [-0.4, -0.2) is 37.8 Å². The van der Waals surface area contributed by atoms with Gasteiger partial charge in [0.1, 0.15) is 0 Å². The molecule has 0 radical (unpaired) electrons. The highest BCUT2D eigenvalue weighted by atomic mass is 32.2. The Hall–Kier alpha value is -1.96. The molecule has 1 fully saturated rings. The van der Waals surface area contributed by atoms with E-state index < -0.39 is 10.0 Å². The van der Waals surface area contributed by atoms with Gasteiger partial charge in [-0.2, -0.15) is 4.31 Å². The first-order valence-corrected chi connectivity index (χ1v) is 10.3. The van der Waals surface area contributed by atoms with Crippen molar-refractivity contribution in [3.8, 4) is 0 Å². The van der Waals surface area contributed by atoms with Crippen LogP contribution in [0.5, 0.6) is 0 Å². The predicted octanol–water partition coefficient (Wildman–Crippen LogP) is 2.55. The summed E-state index contributed by atoms with van der Waals surface area (Å²) >= 11 is 0. The number of carbonyl (C=O) groups is 1. The Morgan fingerprint density at radius 2 is 1.92 bits per heavy atom. The van der Waals surface area contributed by atoms with E-state index in [1.807, 2.05) is 19.1 Å². The highest BCUT2D eigenvalue weighted by molar-refractivity contribution is 7.89. The summed E-state index contributed by atoms with van der Waals surface area (Å²) in [6, 6.07) is 10.4. The monoisotopic (exact) mass is 375 g/mol. The standard InChI is InChI=1S/C19H25N3O3S/c1-13(20)15-6-5-11-22(12-15)26(24,25)19-10-9-18(21-14(2)23)16-7-3-4-8-17(16)19/h3-4,7-10,13,15H,5-6,11-12,20H2,1-2H3,(H,21,23). The second-order valence-electron chi connectivity index (χ2n) is 6.96. The van der Waals surface area contributed by atoms with Gasteiger partial charge in [0.25, 0.3) is 0 Å². The number of amides is 1. The van der Waals surface area contributed by atoms with Crippen LogP contribution >= 0.6 is 0 Å². The van der Waals surface area contributed by atoms with E-state index in [1.165, 1.54) is 6.92 Å². The molecule has 3 N–H and O–H groups in total. The van der Waals surface area contributed by atoms with Crippen LogP contribution in [0.25, 0.3) is 10.8 Å². The van der Waals surface area contributed by atoms with Gasteiger partial charge in [-0.05, 0) is 37.8 Å². The molecule has 2 atom stereocenters. The van der Waals surface area contributed by atoms with Crippen LogP contribution in [0.2, 0.25) is 0 Å². The van der Waals surface area contributed by atoms with E-state index in [1.54, 1.807) is 28.6 Å². The average Bonchev–Trinajstić information content (AvgIpc) is 2.61. The lowest BCUT2D eigenvalue weighted by atomic mass is 9.93. The molecule has 1 aliphatic rings. The molecule has 2 unspecified atom stereocenters. The van der Waals surface area contributed by atoms with E-state index in [-0.39, 0.29) is 22.8 Å². The van der Waals surface area contributed by atoms with E-state index in [0.717, 1.165) is 12.8 Å². The number of carbonyl (C=O) groups excluding carboxylic acids is 1. The summed E-state index contributed by atoms with van der Waals surface area (Å²) in [5.41, 5.74) is 6.62. The van der Waals surface area contributed by atoms with Crippen molar-refractivity contribution in [3.05, 3.63) is 36.4 Å². The zero-order valence-electron chi connectivity index (χ0n) is 15.1. The molecule has 1 aliphatic heterocycles. The number of rotatable bonds is 4. The van der Waals surface area contributed by atoms with Crippen molar-refractivity contribution in [2.45, 2.75) is 37.6 Å². The number of hydrogen-bond donors (Lipinski definition) is 2. The van der Waals surface area contributed by atoms with Gasteiger partial charge in [-0.15, -0.1) is 0 Å². The van der Waals surface area contributed by atoms with Gasteiger partial charge in [0.15, 0.2) is 0 Å². The molecule has 0 aromatic heterocycles. The molecule has 2 aromatic carbocycles. The third-order valence-electron chi connectivity index (χ3n) is 4.98.